The van der Waals surface area contributed by atoms with Gasteiger partial charge in [0.05, 0.1) is 13.2 Å². The molecular weight excluding hydrogens is 296 g/mol. The van der Waals surface area contributed by atoms with Crippen LogP contribution in [0.2, 0.25) is 0 Å². The van der Waals surface area contributed by atoms with Gasteiger partial charge < -0.3 is 13.9 Å². The summed E-state index contributed by atoms with van der Waals surface area (Å²) in [5, 5.41) is 4.11. The molecule has 2 heterocycles. The average Bonchev–Trinajstić information content (AvgIpc) is 3.09. The number of furan rings is 1. The predicted molar refractivity (Wildman–Crippen MR) is 84.4 cm³/mol. The SMILES string of the molecule is O=C(NN=C1CCOCC1)c1ccc(COc2ccccc2)o1. The first-order valence-electron chi connectivity index (χ1n) is 7.51. The van der Waals surface area contributed by atoms with Crippen LogP contribution in [0, 0.1) is 0 Å². The van der Waals surface area contributed by atoms with E-state index in [1.165, 1.54) is 0 Å². The summed E-state index contributed by atoms with van der Waals surface area (Å²) in [5.41, 5.74) is 3.45. The molecule has 2 aromatic rings. The normalized spacial score (nSPS) is 14.3. The summed E-state index contributed by atoms with van der Waals surface area (Å²) < 4.78 is 16.3. The van der Waals surface area contributed by atoms with E-state index in [2.05, 4.69) is 10.5 Å². The zero-order chi connectivity index (χ0) is 15.9. The Bertz CT molecular complexity index is 671. The number of amides is 1. The molecule has 0 bridgehead atoms. The maximum atomic E-state index is 12.0. The number of nitrogens with one attached hydrogen (secondary N) is 1. The average molecular weight is 314 g/mol. The van der Waals surface area contributed by atoms with E-state index in [1.54, 1.807) is 12.1 Å². The van der Waals surface area contributed by atoms with Gasteiger partial charge in [-0.3, -0.25) is 4.79 Å². The second kappa shape index (κ2) is 7.60. The van der Waals surface area contributed by atoms with E-state index in [9.17, 15) is 4.79 Å². The predicted octanol–water partition coefficient (Wildman–Crippen LogP) is 2.75. The molecular formula is C17H18N2O4. The van der Waals surface area contributed by atoms with Crippen LogP contribution in [-0.2, 0) is 11.3 Å². The topological polar surface area (TPSA) is 73.1 Å². The van der Waals surface area contributed by atoms with Gasteiger partial charge in [-0.2, -0.15) is 5.10 Å². The first kappa shape index (κ1) is 15.3. The number of rotatable bonds is 5. The molecule has 0 aliphatic carbocycles. The maximum absolute atomic E-state index is 12.0. The molecule has 1 aromatic carbocycles. The number of hydrazone groups is 1. The van der Waals surface area contributed by atoms with Crippen LogP contribution in [0.4, 0.5) is 0 Å². The molecule has 1 aliphatic rings. The summed E-state index contributed by atoms with van der Waals surface area (Å²) in [4.78, 5) is 12.0. The van der Waals surface area contributed by atoms with E-state index in [1.807, 2.05) is 30.3 Å². The van der Waals surface area contributed by atoms with E-state index >= 15 is 0 Å². The van der Waals surface area contributed by atoms with Crippen molar-refractivity contribution in [3.05, 3.63) is 54.0 Å². The fourth-order valence-electron chi connectivity index (χ4n) is 2.15. The second-order valence-corrected chi connectivity index (χ2v) is 5.10. The molecule has 6 heteroatoms. The maximum Gasteiger partial charge on any atom is 0.307 e. The third kappa shape index (κ3) is 4.43. The van der Waals surface area contributed by atoms with Crippen LogP contribution in [0.1, 0.15) is 29.2 Å². The molecule has 120 valence electrons. The van der Waals surface area contributed by atoms with E-state index in [0.29, 0.717) is 19.0 Å². The lowest BCUT2D eigenvalue weighted by Crippen LogP contribution is -2.22. The highest BCUT2D eigenvalue weighted by molar-refractivity contribution is 5.93. The Hall–Kier alpha value is -2.60. The van der Waals surface area contributed by atoms with Crippen molar-refractivity contribution in [1.29, 1.82) is 0 Å². The Kier molecular flexibility index (Phi) is 5.06. The van der Waals surface area contributed by atoms with Crippen molar-refractivity contribution < 1.29 is 18.7 Å². The van der Waals surface area contributed by atoms with Crippen LogP contribution in [0.25, 0.3) is 0 Å². The van der Waals surface area contributed by atoms with Gasteiger partial charge in [-0.05, 0) is 24.3 Å². The van der Waals surface area contributed by atoms with Gasteiger partial charge in [0.2, 0.25) is 0 Å². The standard InChI is InChI=1S/C17H18N2O4/c20-17(19-18-13-8-10-21-11-9-13)16-7-6-15(23-16)12-22-14-4-2-1-3-5-14/h1-7H,8-12H2,(H,19,20). The monoisotopic (exact) mass is 314 g/mol. The fourth-order valence-corrected chi connectivity index (χ4v) is 2.15. The molecule has 0 atom stereocenters. The molecule has 1 saturated heterocycles. The lowest BCUT2D eigenvalue weighted by molar-refractivity contribution is 0.0921. The van der Waals surface area contributed by atoms with Crippen LogP contribution >= 0.6 is 0 Å². The highest BCUT2D eigenvalue weighted by Gasteiger charge is 2.12. The molecule has 1 aromatic heterocycles. The van der Waals surface area contributed by atoms with Crippen molar-refractivity contribution in [2.75, 3.05) is 13.2 Å². The second-order valence-electron chi connectivity index (χ2n) is 5.10. The summed E-state index contributed by atoms with van der Waals surface area (Å²) in [6, 6.07) is 12.8. The summed E-state index contributed by atoms with van der Waals surface area (Å²) in [7, 11) is 0. The summed E-state index contributed by atoms with van der Waals surface area (Å²) in [6.07, 6.45) is 1.49. The van der Waals surface area contributed by atoms with E-state index in [-0.39, 0.29) is 18.3 Å². The van der Waals surface area contributed by atoms with Crippen molar-refractivity contribution in [3.8, 4) is 5.75 Å². The number of carbonyl (C=O) groups is 1. The van der Waals surface area contributed by atoms with Crippen molar-refractivity contribution >= 4 is 11.6 Å². The molecule has 0 spiro atoms. The van der Waals surface area contributed by atoms with Crippen LogP contribution in [0.15, 0.2) is 52.0 Å². The number of hydrogen-bond acceptors (Lipinski definition) is 5. The summed E-state index contributed by atoms with van der Waals surface area (Å²) >= 11 is 0. The number of benzene rings is 1. The molecule has 0 unspecified atom stereocenters. The minimum atomic E-state index is -0.366. The lowest BCUT2D eigenvalue weighted by atomic mass is 10.2. The van der Waals surface area contributed by atoms with Gasteiger partial charge >= 0.3 is 5.91 Å². The first-order valence-corrected chi connectivity index (χ1v) is 7.51. The quantitative estimate of drug-likeness (QED) is 0.861. The molecule has 1 aliphatic heterocycles. The van der Waals surface area contributed by atoms with Gasteiger partial charge in [-0.15, -0.1) is 0 Å². The van der Waals surface area contributed by atoms with Gasteiger partial charge in [0, 0.05) is 18.6 Å². The first-order chi connectivity index (χ1) is 11.3. The number of carbonyl (C=O) groups excluding carboxylic acids is 1. The van der Waals surface area contributed by atoms with E-state index < -0.39 is 0 Å². The molecule has 0 saturated carbocycles. The van der Waals surface area contributed by atoms with Gasteiger partial charge in [-0.25, -0.2) is 5.43 Å². The highest BCUT2D eigenvalue weighted by Crippen LogP contribution is 2.14. The van der Waals surface area contributed by atoms with Crippen LogP contribution in [0.3, 0.4) is 0 Å². The van der Waals surface area contributed by atoms with Crippen LogP contribution in [0.5, 0.6) is 5.75 Å². The molecule has 0 radical (unpaired) electrons. The van der Waals surface area contributed by atoms with Crippen molar-refractivity contribution in [1.82, 2.24) is 5.43 Å². The Morgan fingerprint density at radius 1 is 1.13 bits per heavy atom. The smallest absolute Gasteiger partial charge is 0.307 e. The minimum Gasteiger partial charge on any atom is -0.486 e. The van der Waals surface area contributed by atoms with Gasteiger partial charge in [0.25, 0.3) is 0 Å². The highest BCUT2D eigenvalue weighted by atomic mass is 16.5. The molecule has 1 amide bonds. The number of para-hydroxylation sites is 1. The largest absolute Gasteiger partial charge is 0.486 e. The Labute approximate surface area is 134 Å². The van der Waals surface area contributed by atoms with Crippen molar-refractivity contribution in [3.63, 3.8) is 0 Å². The van der Waals surface area contributed by atoms with E-state index in [0.717, 1.165) is 24.3 Å². The van der Waals surface area contributed by atoms with Gasteiger partial charge in [0.15, 0.2) is 5.76 Å². The van der Waals surface area contributed by atoms with Gasteiger partial charge in [-0.1, -0.05) is 18.2 Å². The lowest BCUT2D eigenvalue weighted by Gasteiger charge is -2.12. The molecule has 3 rings (SSSR count). The van der Waals surface area contributed by atoms with Crippen molar-refractivity contribution in [2.45, 2.75) is 19.4 Å². The summed E-state index contributed by atoms with van der Waals surface area (Å²) in [6.45, 7) is 1.57. The molecule has 23 heavy (non-hydrogen) atoms. The van der Waals surface area contributed by atoms with Crippen molar-refractivity contribution in [2.24, 2.45) is 5.10 Å². The van der Waals surface area contributed by atoms with Crippen LogP contribution < -0.4 is 10.2 Å². The molecule has 1 N–H and O–H groups in total. The Morgan fingerprint density at radius 3 is 2.70 bits per heavy atom. The Morgan fingerprint density at radius 2 is 1.91 bits per heavy atom. The third-order valence-corrected chi connectivity index (χ3v) is 3.40. The van der Waals surface area contributed by atoms with Gasteiger partial charge in [0.1, 0.15) is 18.1 Å². The number of ether oxygens (including phenoxy) is 2. The third-order valence-electron chi connectivity index (χ3n) is 3.40. The molecule has 1 fully saturated rings. The number of hydrogen-bond donors (Lipinski definition) is 1. The minimum absolute atomic E-state index is 0.216. The van der Waals surface area contributed by atoms with E-state index in [4.69, 9.17) is 13.9 Å². The summed E-state index contributed by atoms with van der Waals surface area (Å²) in [5.74, 6) is 1.18. The van der Waals surface area contributed by atoms with Crippen LogP contribution in [-0.4, -0.2) is 24.8 Å². The zero-order valence-corrected chi connectivity index (χ0v) is 12.7. The number of nitrogens with zero attached hydrogens (tertiary/aromatic N) is 1. The Balaban J connectivity index is 1.52. The fraction of sp³-hybridized carbons (Fsp3) is 0.294. The zero-order valence-electron chi connectivity index (χ0n) is 12.7. The molecule has 6 nitrogen and oxygen atoms in total.